The van der Waals surface area contributed by atoms with Crippen LogP contribution in [0.3, 0.4) is 0 Å². The first-order valence-electron chi connectivity index (χ1n) is 8.43. The second kappa shape index (κ2) is 8.65. The molecule has 0 atom stereocenters. The summed E-state index contributed by atoms with van der Waals surface area (Å²) in [5, 5.41) is 13.6. The average Bonchev–Trinajstić information content (AvgIpc) is 2.69. The second-order valence-electron chi connectivity index (χ2n) is 5.88. The Morgan fingerprint density at radius 2 is 1.69 bits per heavy atom. The van der Waals surface area contributed by atoms with Gasteiger partial charge in [-0.3, -0.25) is 4.79 Å². The molecule has 3 rings (SSSR count). The van der Waals surface area contributed by atoms with Gasteiger partial charge in [0.1, 0.15) is 5.02 Å². The van der Waals surface area contributed by atoms with Crippen molar-refractivity contribution in [3.8, 4) is 5.69 Å². The van der Waals surface area contributed by atoms with E-state index in [0.717, 1.165) is 5.56 Å². The fourth-order valence-electron chi connectivity index (χ4n) is 2.75. The smallest absolute Gasteiger partial charge is 0.292 e. The minimum absolute atomic E-state index is 0.0669. The summed E-state index contributed by atoms with van der Waals surface area (Å²) in [6, 6.07) is 19.1. The number of aromatic nitrogens is 2. The number of hydrogen-bond donors (Lipinski definition) is 1. The van der Waals surface area contributed by atoms with Crippen molar-refractivity contribution in [1.82, 2.24) is 9.78 Å². The van der Waals surface area contributed by atoms with Crippen LogP contribution in [0.15, 0.2) is 71.7 Å². The average molecular weight is 370 g/mol. The molecule has 0 spiro atoms. The third kappa shape index (κ3) is 4.12. The van der Waals surface area contributed by atoms with Crippen molar-refractivity contribution in [2.75, 3.05) is 18.1 Å². The third-order valence-corrected chi connectivity index (χ3v) is 4.40. The molecule has 3 aromatic rings. The first-order valence-corrected chi connectivity index (χ1v) is 8.81. The number of anilines is 1. The van der Waals surface area contributed by atoms with Gasteiger partial charge in [-0.1, -0.05) is 60.1 Å². The minimum atomic E-state index is -0.363. The van der Waals surface area contributed by atoms with E-state index >= 15 is 0 Å². The maximum Gasteiger partial charge on any atom is 0.292 e. The first kappa shape index (κ1) is 18.2. The summed E-state index contributed by atoms with van der Waals surface area (Å²) in [7, 11) is 0. The summed E-state index contributed by atoms with van der Waals surface area (Å²) in [6.45, 7) is 1.22. The van der Waals surface area contributed by atoms with E-state index < -0.39 is 0 Å². The van der Waals surface area contributed by atoms with Gasteiger partial charge in [0.05, 0.1) is 17.6 Å². The van der Waals surface area contributed by atoms with Crippen molar-refractivity contribution < 1.29 is 5.11 Å². The zero-order chi connectivity index (χ0) is 18.4. The highest BCUT2D eigenvalue weighted by molar-refractivity contribution is 6.33. The standard InChI is InChI=1S/C20H20ClN3O2/c21-19-18(14-22-24(20(19)26)17-10-5-2-6-11-17)23(12-7-13-25)15-16-8-3-1-4-9-16/h1-6,8-11,14,25H,7,12-13,15H2. The van der Waals surface area contributed by atoms with E-state index in [1.807, 2.05) is 53.4 Å². The van der Waals surface area contributed by atoms with Gasteiger partial charge in [0.25, 0.3) is 5.56 Å². The summed E-state index contributed by atoms with van der Waals surface area (Å²) in [5.41, 5.74) is 1.96. The quantitative estimate of drug-likeness (QED) is 0.694. The number of halogens is 1. The van der Waals surface area contributed by atoms with Gasteiger partial charge in [-0.05, 0) is 24.1 Å². The number of aliphatic hydroxyl groups excluding tert-OH is 1. The Bertz CT molecular complexity index is 898. The van der Waals surface area contributed by atoms with Crippen LogP contribution in [0.4, 0.5) is 5.69 Å². The molecule has 26 heavy (non-hydrogen) atoms. The molecule has 6 heteroatoms. The highest BCUT2D eigenvalue weighted by Crippen LogP contribution is 2.24. The van der Waals surface area contributed by atoms with Gasteiger partial charge in [-0.25, -0.2) is 0 Å². The fraction of sp³-hybridized carbons (Fsp3) is 0.200. The van der Waals surface area contributed by atoms with E-state index in [1.54, 1.807) is 18.3 Å². The monoisotopic (exact) mass is 369 g/mol. The summed E-state index contributed by atoms with van der Waals surface area (Å²) in [5.74, 6) is 0. The largest absolute Gasteiger partial charge is 0.396 e. The number of nitrogens with zero attached hydrogens (tertiary/aromatic N) is 3. The zero-order valence-electron chi connectivity index (χ0n) is 14.3. The first-order chi connectivity index (χ1) is 12.7. The molecule has 2 aromatic carbocycles. The molecule has 0 amide bonds. The summed E-state index contributed by atoms with van der Waals surface area (Å²) in [6.07, 6.45) is 2.18. The van der Waals surface area contributed by atoms with Crippen LogP contribution in [0.2, 0.25) is 5.02 Å². The van der Waals surface area contributed by atoms with Crippen LogP contribution in [0.1, 0.15) is 12.0 Å². The van der Waals surface area contributed by atoms with E-state index in [2.05, 4.69) is 5.10 Å². The Labute approximate surface area is 157 Å². The lowest BCUT2D eigenvalue weighted by atomic mass is 10.2. The molecular weight excluding hydrogens is 350 g/mol. The number of rotatable bonds is 7. The topological polar surface area (TPSA) is 58.4 Å². The van der Waals surface area contributed by atoms with Crippen LogP contribution in [0.25, 0.3) is 5.69 Å². The van der Waals surface area contributed by atoms with Crippen LogP contribution in [-0.2, 0) is 6.54 Å². The lowest BCUT2D eigenvalue weighted by Gasteiger charge is -2.25. The minimum Gasteiger partial charge on any atom is -0.396 e. The normalized spacial score (nSPS) is 10.7. The van der Waals surface area contributed by atoms with E-state index in [9.17, 15) is 9.90 Å². The summed E-state index contributed by atoms with van der Waals surface area (Å²) in [4.78, 5) is 14.7. The highest BCUT2D eigenvalue weighted by atomic mass is 35.5. The van der Waals surface area contributed by atoms with Crippen molar-refractivity contribution in [3.05, 3.63) is 87.8 Å². The van der Waals surface area contributed by atoms with Gasteiger partial charge < -0.3 is 10.0 Å². The molecule has 134 valence electrons. The molecular formula is C20H20ClN3O2. The van der Waals surface area contributed by atoms with Crippen LogP contribution in [0.5, 0.6) is 0 Å². The Morgan fingerprint density at radius 1 is 1.04 bits per heavy atom. The second-order valence-corrected chi connectivity index (χ2v) is 6.26. The van der Waals surface area contributed by atoms with Gasteiger partial charge in [-0.15, -0.1) is 0 Å². The molecule has 0 aliphatic heterocycles. The van der Waals surface area contributed by atoms with Gasteiger partial charge in [0.15, 0.2) is 0 Å². The lowest BCUT2D eigenvalue weighted by Crippen LogP contribution is -2.29. The zero-order valence-corrected chi connectivity index (χ0v) is 15.0. The van der Waals surface area contributed by atoms with E-state index in [4.69, 9.17) is 11.6 Å². The van der Waals surface area contributed by atoms with Gasteiger partial charge in [-0.2, -0.15) is 9.78 Å². The maximum atomic E-state index is 12.7. The van der Waals surface area contributed by atoms with Gasteiger partial charge in [0.2, 0.25) is 0 Å². The number of aliphatic hydroxyl groups is 1. The maximum absolute atomic E-state index is 12.7. The molecule has 0 fully saturated rings. The molecule has 0 aliphatic carbocycles. The fourth-order valence-corrected chi connectivity index (χ4v) is 3.00. The molecule has 0 unspecified atom stereocenters. The van der Waals surface area contributed by atoms with Crippen LogP contribution < -0.4 is 10.5 Å². The molecule has 0 bridgehead atoms. The Balaban J connectivity index is 1.96. The van der Waals surface area contributed by atoms with Crippen LogP contribution in [0, 0.1) is 0 Å². The van der Waals surface area contributed by atoms with Crippen LogP contribution >= 0.6 is 11.6 Å². The van der Waals surface area contributed by atoms with Gasteiger partial charge >= 0.3 is 0 Å². The van der Waals surface area contributed by atoms with E-state index in [-0.39, 0.29) is 17.2 Å². The van der Waals surface area contributed by atoms with Crippen molar-refractivity contribution in [2.45, 2.75) is 13.0 Å². The Kier molecular flexibility index (Phi) is 6.04. The molecule has 1 N–H and O–H groups in total. The number of benzene rings is 2. The van der Waals surface area contributed by atoms with Gasteiger partial charge in [0, 0.05) is 19.7 Å². The molecule has 1 heterocycles. The molecule has 0 aliphatic rings. The Hall–Kier alpha value is -2.63. The highest BCUT2D eigenvalue weighted by Gasteiger charge is 2.16. The van der Waals surface area contributed by atoms with Crippen molar-refractivity contribution in [1.29, 1.82) is 0 Å². The summed E-state index contributed by atoms with van der Waals surface area (Å²) < 4.78 is 1.29. The molecule has 1 aromatic heterocycles. The SMILES string of the molecule is O=c1c(Cl)c(N(CCCO)Cc2ccccc2)cnn1-c1ccccc1. The predicted octanol–water partition coefficient (Wildman–Crippen LogP) is 3.27. The lowest BCUT2D eigenvalue weighted by molar-refractivity contribution is 0.289. The molecule has 5 nitrogen and oxygen atoms in total. The Morgan fingerprint density at radius 3 is 2.35 bits per heavy atom. The van der Waals surface area contributed by atoms with Crippen molar-refractivity contribution in [3.63, 3.8) is 0 Å². The van der Waals surface area contributed by atoms with Crippen molar-refractivity contribution in [2.24, 2.45) is 0 Å². The van der Waals surface area contributed by atoms with E-state index in [0.29, 0.717) is 30.9 Å². The number of para-hydroxylation sites is 1. The third-order valence-electron chi connectivity index (χ3n) is 4.04. The molecule has 0 radical (unpaired) electrons. The number of hydrogen-bond acceptors (Lipinski definition) is 4. The molecule has 0 saturated carbocycles. The predicted molar refractivity (Wildman–Crippen MR) is 104 cm³/mol. The summed E-state index contributed by atoms with van der Waals surface area (Å²) >= 11 is 6.41. The van der Waals surface area contributed by atoms with Crippen LogP contribution in [-0.4, -0.2) is 28.0 Å². The van der Waals surface area contributed by atoms with E-state index in [1.165, 1.54) is 4.68 Å². The molecule has 0 saturated heterocycles. The van der Waals surface area contributed by atoms with Crippen molar-refractivity contribution >= 4 is 17.3 Å².